The molecule has 2 aromatic carbocycles. The molecule has 35 heavy (non-hydrogen) atoms. The van der Waals surface area contributed by atoms with Crippen LogP contribution in [0.15, 0.2) is 54.7 Å². The summed E-state index contributed by atoms with van der Waals surface area (Å²) in [6.45, 7) is 1.51. The van der Waals surface area contributed by atoms with E-state index in [2.05, 4.69) is 15.4 Å². The first-order valence-corrected chi connectivity index (χ1v) is 10.7. The van der Waals surface area contributed by atoms with Gasteiger partial charge in [-0.2, -0.15) is 4.98 Å². The zero-order valence-electron chi connectivity index (χ0n) is 18.4. The number of benzene rings is 2. The zero-order chi connectivity index (χ0) is 25.5. The highest BCUT2D eigenvalue weighted by Gasteiger charge is 2.37. The van der Waals surface area contributed by atoms with E-state index in [1.165, 1.54) is 47.8 Å². The van der Waals surface area contributed by atoms with E-state index in [-0.39, 0.29) is 28.2 Å². The van der Waals surface area contributed by atoms with Crippen LogP contribution >= 0.6 is 11.6 Å². The Labute approximate surface area is 205 Å². The molecule has 0 bridgehead atoms. The molecule has 4 aromatic rings. The Morgan fingerprint density at radius 3 is 2.57 bits per heavy atom. The van der Waals surface area contributed by atoms with E-state index in [0.717, 1.165) is 0 Å². The Balaban J connectivity index is 1.61. The number of aliphatic hydroxyl groups is 3. The number of anilines is 1. The highest BCUT2D eigenvalue weighted by molar-refractivity contribution is 6.30. The second-order valence-corrected chi connectivity index (χ2v) is 8.62. The number of nitrogen functional groups attached to an aromatic ring is 1. The monoisotopic (exact) mass is 495 g/mol. The van der Waals surface area contributed by atoms with E-state index >= 15 is 4.39 Å². The van der Waals surface area contributed by atoms with E-state index in [1.807, 2.05) is 0 Å². The van der Waals surface area contributed by atoms with Crippen molar-refractivity contribution in [2.24, 2.45) is 0 Å². The van der Waals surface area contributed by atoms with Crippen LogP contribution in [-0.4, -0.2) is 49.3 Å². The molecule has 2 radical (unpaired) electrons. The molecular weight excluding hydrogens is 476 g/mol. The Kier molecular flexibility index (Phi) is 6.28. The van der Waals surface area contributed by atoms with Crippen LogP contribution in [0.2, 0.25) is 5.02 Å². The Hall–Kier alpha value is -3.51. The normalized spacial score (nSPS) is 13.5. The molecular formula is C23H20BClFN5O4. The maximum atomic E-state index is 15.5. The molecule has 0 aliphatic heterocycles. The smallest absolute Gasteiger partial charge is 0.256 e. The summed E-state index contributed by atoms with van der Waals surface area (Å²) in [6.07, 6.45) is 0.628. The van der Waals surface area contributed by atoms with Gasteiger partial charge in [-0.15, -0.1) is 5.10 Å². The van der Waals surface area contributed by atoms with Crippen molar-refractivity contribution >= 4 is 36.9 Å². The second kappa shape index (κ2) is 8.93. The van der Waals surface area contributed by atoms with Crippen LogP contribution in [-0.2, 0) is 5.79 Å². The van der Waals surface area contributed by atoms with Crippen LogP contribution in [0.4, 0.5) is 10.3 Å². The van der Waals surface area contributed by atoms with E-state index < -0.39 is 29.6 Å². The maximum absolute atomic E-state index is 15.5. The third kappa shape index (κ3) is 5.13. The summed E-state index contributed by atoms with van der Waals surface area (Å²) in [7, 11) is 5.75. The molecule has 12 heteroatoms. The average molecular weight is 496 g/mol. The zero-order valence-corrected chi connectivity index (χ0v) is 19.2. The quantitative estimate of drug-likeness (QED) is 0.203. The molecule has 0 spiro atoms. The number of aromatic nitrogens is 3. The van der Waals surface area contributed by atoms with E-state index in [0.29, 0.717) is 16.2 Å². The van der Waals surface area contributed by atoms with Crippen molar-refractivity contribution in [2.45, 2.75) is 24.8 Å². The molecule has 1 unspecified atom stereocenters. The summed E-state index contributed by atoms with van der Waals surface area (Å²) >= 11 is 5.80. The lowest BCUT2D eigenvalue weighted by molar-refractivity contribution is -0.197. The minimum atomic E-state index is -2.62. The maximum Gasteiger partial charge on any atom is 0.256 e. The number of carbonyl (C=O) groups is 1. The summed E-state index contributed by atoms with van der Waals surface area (Å²) in [5.41, 5.74) is 3.74. The SMILES string of the molecule is [B]C(O)(CC(O)(O)c1ccc(Cl)cc1)NC(=O)c1c(C)ccc(-c2ccn3nc(N)nc3c2)c1F. The third-order valence-electron chi connectivity index (χ3n) is 5.39. The van der Waals surface area contributed by atoms with E-state index in [4.69, 9.17) is 25.2 Å². The highest BCUT2D eigenvalue weighted by Crippen LogP contribution is 2.30. The topological polar surface area (TPSA) is 146 Å². The molecule has 0 fully saturated rings. The molecule has 0 aliphatic rings. The van der Waals surface area contributed by atoms with Crippen LogP contribution in [0, 0.1) is 12.7 Å². The van der Waals surface area contributed by atoms with Crippen LogP contribution in [0.5, 0.6) is 0 Å². The van der Waals surface area contributed by atoms with Gasteiger partial charge in [0, 0.05) is 28.8 Å². The molecule has 6 N–H and O–H groups in total. The molecule has 9 nitrogen and oxygen atoms in total. The van der Waals surface area contributed by atoms with Gasteiger partial charge >= 0.3 is 0 Å². The number of aryl methyl sites for hydroxylation is 1. The van der Waals surface area contributed by atoms with Crippen molar-refractivity contribution in [3.63, 3.8) is 0 Å². The van der Waals surface area contributed by atoms with Gasteiger partial charge < -0.3 is 26.4 Å². The molecule has 2 aromatic heterocycles. The fraction of sp³-hybridized carbons (Fsp3) is 0.174. The molecule has 0 saturated heterocycles. The molecule has 0 aliphatic carbocycles. The van der Waals surface area contributed by atoms with Crippen LogP contribution in [0.25, 0.3) is 16.8 Å². The molecule has 1 amide bonds. The lowest BCUT2D eigenvalue weighted by Crippen LogP contribution is -2.53. The first-order valence-electron chi connectivity index (χ1n) is 10.3. The first kappa shape index (κ1) is 24.6. The Bertz CT molecular complexity index is 1430. The summed E-state index contributed by atoms with van der Waals surface area (Å²) in [5, 5.41) is 37.7. The Morgan fingerprint density at radius 2 is 1.89 bits per heavy atom. The standard InChI is InChI=1S/C23H20BClFN5O4/c1-12-2-7-16(13-8-9-31-17(10-13)28-21(27)30-31)19(26)18(12)20(32)29-23(24,35)11-22(33,34)14-3-5-15(25)6-4-14/h2-10,33-35H,11H2,1H3,(H2,27,30)(H,29,32). The largest absolute Gasteiger partial charge is 0.380 e. The number of nitrogens with one attached hydrogen (secondary N) is 1. The minimum Gasteiger partial charge on any atom is -0.380 e. The van der Waals surface area contributed by atoms with Gasteiger partial charge in [0.15, 0.2) is 11.4 Å². The summed E-state index contributed by atoms with van der Waals surface area (Å²) in [6, 6.07) is 11.6. The van der Waals surface area contributed by atoms with Gasteiger partial charge in [-0.3, -0.25) is 4.79 Å². The van der Waals surface area contributed by atoms with Gasteiger partial charge in [0.2, 0.25) is 5.95 Å². The van der Waals surface area contributed by atoms with Gasteiger partial charge in [-0.25, -0.2) is 8.91 Å². The minimum absolute atomic E-state index is 0.0195. The lowest BCUT2D eigenvalue weighted by Gasteiger charge is -2.33. The number of nitrogens with zero attached hydrogens (tertiary/aromatic N) is 3. The van der Waals surface area contributed by atoms with Crippen molar-refractivity contribution in [3.8, 4) is 11.1 Å². The Morgan fingerprint density at radius 1 is 1.20 bits per heavy atom. The number of nitrogens with two attached hydrogens (primary N) is 1. The van der Waals surface area contributed by atoms with Gasteiger partial charge in [-0.1, -0.05) is 35.9 Å². The van der Waals surface area contributed by atoms with Crippen molar-refractivity contribution in [2.75, 3.05) is 5.73 Å². The summed E-state index contributed by atoms with van der Waals surface area (Å²) in [5.74, 6) is -4.48. The van der Waals surface area contributed by atoms with E-state index in [9.17, 15) is 20.1 Å². The van der Waals surface area contributed by atoms with Gasteiger partial charge in [-0.05, 0) is 42.3 Å². The number of carbonyl (C=O) groups excluding carboxylic acids is 1. The predicted octanol–water partition coefficient (Wildman–Crippen LogP) is 1.85. The number of rotatable bonds is 6. The fourth-order valence-electron chi connectivity index (χ4n) is 3.74. The number of hydrogen-bond donors (Lipinski definition) is 5. The van der Waals surface area contributed by atoms with Crippen LogP contribution < -0.4 is 11.1 Å². The van der Waals surface area contributed by atoms with Crippen LogP contribution in [0.1, 0.15) is 27.9 Å². The van der Waals surface area contributed by atoms with Crippen LogP contribution in [0.3, 0.4) is 0 Å². The van der Waals surface area contributed by atoms with Crippen molar-refractivity contribution in [1.82, 2.24) is 19.9 Å². The number of amides is 1. The molecule has 1 atom stereocenters. The summed E-state index contributed by atoms with van der Waals surface area (Å²) < 4.78 is 16.9. The predicted molar refractivity (Wildman–Crippen MR) is 128 cm³/mol. The van der Waals surface area contributed by atoms with Crippen molar-refractivity contribution in [3.05, 3.63) is 82.3 Å². The fourth-order valence-corrected chi connectivity index (χ4v) is 3.86. The number of halogens is 2. The molecule has 178 valence electrons. The first-order chi connectivity index (χ1) is 16.4. The third-order valence-corrected chi connectivity index (χ3v) is 5.65. The van der Waals surface area contributed by atoms with Gasteiger partial charge in [0.1, 0.15) is 13.7 Å². The average Bonchev–Trinajstić information content (AvgIpc) is 3.12. The van der Waals surface area contributed by atoms with Crippen molar-refractivity contribution in [1.29, 1.82) is 0 Å². The summed E-state index contributed by atoms with van der Waals surface area (Å²) in [4.78, 5) is 17.0. The number of fused-ring (bicyclic) bond motifs is 1. The lowest BCUT2D eigenvalue weighted by atomic mass is 9.82. The highest BCUT2D eigenvalue weighted by atomic mass is 35.5. The van der Waals surface area contributed by atoms with Crippen molar-refractivity contribution < 1.29 is 24.5 Å². The number of pyridine rings is 1. The van der Waals surface area contributed by atoms with E-state index in [1.54, 1.807) is 18.3 Å². The molecule has 4 rings (SSSR count). The molecule has 2 heterocycles. The second-order valence-electron chi connectivity index (χ2n) is 8.19. The van der Waals surface area contributed by atoms with Gasteiger partial charge in [0.25, 0.3) is 5.91 Å². The number of hydrogen-bond acceptors (Lipinski definition) is 7. The molecule has 0 saturated carbocycles. The van der Waals surface area contributed by atoms with Gasteiger partial charge in [0.05, 0.1) is 11.2 Å².